The molecule has 0 N–H and O–H groups in total. The molecule has 20 heavy (non-hydrogen) atoms. The Balaban J connectivity index is 1.76. The molecule has 0 fully saturated rings. The minimum atomic E-state index is 0.502. The van der Waals surface area contributed by atoms with Crippen molar-refractivity contribution < 1.29 is 4.74 Å². The second-order valence-corrected chi connectivity index (χ2v) is 9.19. The Labute approximate surface area is 164 Å². The smallest absolute Gasteiger partial charge is 0.146 e. The molecule has 0 bridgehead atoms. The largest absolute Gasteiger partial charge is 0.491 e. The maximum Gasteiger partial charge on any atom is 0.146 e. The van der Waals surface area contributed by atoms with E-state index in [1.165, 1.54) is 21.2 Å². The van der Waals surface area contributed by atoms with E-state index in [1.807, 2.05) is 11.8 Å². The molecule has 0 saturated heterocycles. The van der Waals surface area contributed by atoms with Crippen molar-refractivity contribution in [2.24, 2.45) is 0 Å². The van der Waals surface area contributed by atoms with Crippen molar-refractivity contribution in [2.45, 2.75) is 10.8 Å². The molecule has 5 heteroatoms. The summed E-state index contributed by atoms with van der Waals surface area (Å²) in [7, 11) is 0. The fourth-order valence-electron chi connectivity index (χ4n) is 2.22. The molecule has 2 aromatic carbocycles. The van der Waals surface area contributed by atoms with Crippen molar-refractivity contribution in [3.05, 3.63) is 52.7 Å². The van der Waals surface area contributed by atoms with Gasteiger partial charge in [0.05, 0.1) is 13.7 Å². The van der Waals surface area contributed by atoms with Crippen molar-refractivity contribution in [3.8, 4) is 5.75 Å². The third-order valence-corrected chi connectivity index (χ3v) is 6.67. The molecule has 0 saturated carbocycles. The maximum atomic E-state index is 6.13. The van der Waals surface area contributed by atoms with Gasteiger partial charge in [-0.15, -0.1) is 11.8 Å². The van der Waals surface area contributed by atoms with Gasteiger partial charge in [-0.05, 0) is 91.5 Å². The molecule has 0 amide bonds. The van der Waals surface area contributed by atoms with E-state index in [0.717, 1.165) is 18.1 Å². The molecule has 0 aromatic heterocycles. The van der Waals surface area contributed by atoms with E-state index in [4.69, 9.17) is 4.74 Å². The van der Waals surface area contributed by atoms with Crippen LogP contribution in [0.1, 0.15) is 11.5 Å². The van der Waals surface area contributed by atoms with Crippen LogP contribution in [0.5, 0.6) is 5.75 Å². The summed E-state index contributed by atoms with van der Waals surface area (Å²) in [6, 6.07) is 13.0. The maximum absolute atomic E-state index is 6.13. The van der Waals surface area contributed by atoms with Crippen LogP contribution in [-0.4, -0.2) is 12.4 Å². The van der Waals surface area contributed by atoms with E-state index in [-0.39, 0.29) is 0 Å². The molecule has 1 aliphatic heterocycles. The zero-order chi connectivity index (χ0) is 14.1. The number of ether oxygens (including phenoxy) is 1. The van der Waals surface area contributed by atoms with Crippen molar-refractivity contribution in [1.29, 1.82) is 0 Å². The van der Waals surface area contributed by atoms with Crippen molar-refractivity contribution >= 4 is 79.5 Å². The van der Waals surface area contributed by atoms with E-state index in [0.29, 0.717) is 5.92 Å². The lowest BCUT2D eigenvalue weighted by Crippen LogP contribution is -2.11. The molecule has 2 aromatic rings. The summed E-state index contributed by atoms with van der Waals surface area (Å²) in [5.41, 5.74) is 1.44. The van der Waals surface area contributed by atoms with E-state index < -0.39 is 0 Å². The van der Waals surface area contributed by atoms with Gasteiger partial charge in [-0.25, -0.2) is 0 Å². The fourth-order valence-corrected chi connectivity index (χ4v) is 7.34. The van der Waals surface area contributed by atoms with E-state index >= 15 is 0 Å². The Morgan fingerprint density at radius 1 is 1.10 bits per heavy atom. The zero-order valence-electron chi connectivity index (χ0n) is 10.4. The van der Waals surface area contributed by atoms with Gasteiger partial charge < -0.3 is 4.74 Å². The summed E-state index contributed by atoms with van der Waals surface area (Å²) >= 11 is 9.00. The molecule has 104 valence electrons. The predicted molar refractivity (Wildman–Crippen MR) is 110 cm³/mol. The van der Waals surface area contributed by atoms with E-state index in [9.17, 15) is 0 Å². The first-order valence-electron chi connectivity index (χ1n) is 6.14. The summed E-state index contributed by atoms with van der Waals surface area (Å²) < 4.78 is 9.77. The first-order valence-corrected chi connectivity index (χ1v) is 10.4. The highest BCUT2D eigenvalue weighted by atomic mass is 127. The van der Waals surface area contributed by atoms with Crippen LogP contribution in [0.15, 0.2) is 41.3 Å². The van der Waals surface area contributed by atoms with Crippen LogP contribution >= 0.6 is 79.5 Å². The molecule has 1 atom stereocenters. The monoisotopic (exact) mass is 620 g/mol. The summed E-state index contributed by atoms with van der Waals surface area (Å²) in [5.74, 6) is 2.65. The molecule has 1 nitrogen and oxygen atoms in total. The van der Waals surface area contributed by atoms with Gasteiger partial charge in [0, 0.05) is 20.1 Å². The highest BCUT2D eigenvalue weighted by Gasteiger charge is 2.23. The lowest BCUT2D eigenvalue weighted by atomic mass is 10.0. The standard InChI is InChI=1S/C15H11I3OS/c16-10-5-12(17)15(13(18)6-10)19-7-9-8-20-14-4-2-1-3-11(9)14/h1-6,9H,7-8H2. The Hall–Kier alpha value is 0.780. The lowest BCUT2D eigenvalue weighted by Gasteiger charge is -2.15. The Morgan fingerprint density at radius 2 is 1.80 bits per heavy atom. The Kier molecular flexibility index (Phi) is 5.41. The average Bonchev–Trinajstić information content (AvgIpc) is 2.81. The van der Waals surface area contributed by atoms with Crippen molar-refractivity contribution in [1.82, 2.24) is 0 Å². The number of hydrogen-bond acceptors (Lipinski definition) is 2. The van der Waals surface area contributed by atoms with Gasteiger partial charge in [-0.3, -0.25) is 0 Å². The number of rotatable bonds is 3. The highest BCUT2D eigenvalue weighted by molar-refractivity contribution is 14.1. The second kappa shape index (κ2) is 6.91. The second-order valence-electron chi connectivity index (χ2n) is 4.56. The topological polar surface area (TPSA) is 9.23 Å². The molecule has 0 spiro atoms. The quantitative estimate of drug-likeness (QED) is 0.404. The van der Waals surface area contributed by atoms with Crippen LogP contribution in [-0.2, 0) is 0 Å². The number of benzene rings is 2. The van der Waals surface area contributed by atoms with Gasteiger partial charge in [0.25, 0.3) is 0 Å². The van der Waals surface area contributed by atoms with Crippen LogP contribution in [0.3, 0.4) is 0 Å². The molecular weight excluding hydrogens is 609 g/mol. The number of halogens is 3. The van der Waals surface area contributed by atoms with Gasteiger partial charge >= 0.3 is 0 Å². The molecule has 1 aliphatic rings. The summed E-state index contributed by atoms with van der Waals surface area (Å²) in [4.78, 5) is 1.41. The minimum Gasteiger partial charge on any atom is -0.491 e. The first-order chi connectivity index (χ1) is 9.65. The van der Waals surface area contributed by atoms with Crippen LogP contribution in [0, 0.1) is 10.7 Å². The van der Waals surface area contributed by atoms with E-state index in [2.05, 4.69) is 104 Å². The number of fused-ring (bicyclic) bond motifs is 1. The van der Waals surface area contributed by atoms with Crippen molar-refractivity contribution in [3.63, 3.8) is 0 Å². The predicted octanol–water partition coefficient (Wildman–Crippen LogP) is 5.77. The normalized spacial score (nSPS) is 17.1. The minimum absolute atomic E-state index is 0.502. The van der Waals surface area contributed by atoms with Crippen LogP contribution in [0.25, 0.3) is 0 Å². The van der Waals surface area contributed by atoms with Gasteiger partial charge in [-0.2, -0.15) is 0 Å². The molecular formula is C15H11I3OS. The van der Waals surface area contributed by atoms with Crippen LogP contribution in [0.2, 0.25) is 0 Å². The SMILES string of the molecule is Ic1cc(I)c(OCC2CSc3ccccc32)c(I)c1. The Bertz CT molecular complexity index is 622. The summed E-state index contributed by atoms with van der Waals surface area (Å²) in [6.07, 6.45) is 0. The number of hydrogen-bond donors (Lipinski definition) is 0. The van der Waals surface area contributed by atoms with Gasteiger partial charge in [-0.1, -0.05) is 18.2 Å². The summed E-state index contributed by atoms with van der Waals surface area (Å²) in [6.45, 7) is 0.761. The third-order valence-electron chi connectivity index (χ3n) is 3.19. The molecule has 1 unspecified atom stereocenters. The van der Waals surface area contributed by atoms with Crippen molar-refractivity contribution in [2.75, 3.05) is 12.4 Å². The molecule has 0 radical (unpaired) electrons. The Morgan fingerprint density at radius 3 is 2.55 bits per heavy atom. The van der Waals surface area contributed by atoms with Gasteiger partial charge in [0.1, 0.15) is 5.75 Å². The van der Waals surface area contributed by atoms with Crippen LogP contribution < -0.4 is 4.74 Å². The van der Waals surface area contributed by atoms with Crippen LogP contribution in [0.4, 0.5) is 0 Å². The van der Waals surface area contributed by atoms with Gasteiger partial charge in [0.2, 0.25) is 0 Å². The molecule has 1 heterocycles. The first kappa shape index (κ1) is 15.7. The summed E-state index contributed by atoms with van der Waals surface area (Å²) in [5, 5.41) is 0. The average molecular weight is 620 g/mol. The molecule has 3 rings (SSSR count). The lowest BCUT2D eigenvalue weighted by molar-refractivity contribution is 0.294. The third kappa shape index (κ3) is 3.40. The highest BCUT2D eigenvalue weighted by Crippen LogP contribution is 2.40. The fraction of sp³-hybridized carbons (Fsp3) is 0.200. The molecule has 0 aliphatic carbocycles. The van der Waals surface area contributed by atoms with Gasteiger partial charge in [0.15, 0.2) is 0 Å². The van der Waals surface area contributed by atoms with E-state index in [1.54, 1.807) is 0 Å². The number of thioether (sulfide) groups is 1. The zero-order valence-corrected chi connectivity index (χ0v) is 17.7.